The Hall–Kier alpha value is -0.970. The summed E-state index contributed by atoms with van der Waals surface area (Å²) in [6.45, 7) is 2.07. The summed E-state index contributed by atoms with van der Waals surface area (Å²) >= 11 is 0. The largest absolute Gasteiger partial charge is 0.342 e. The molecule has 0 heterocycles. The number of amides is 1. The Labute approximate surface area is 80.1 Å². The molecule has 2 heteroatoms. The number of nitrogens with one attached hydrogen (secondary N) is 1. The van der Waals surface area contributed by atoms with E-state index in [0.717, 1.165) is 12.8 Å². The van der Waals surface area contributed by atoms with Gasteiger partial charge >= 0.3 is 0 Å². The zero-order valence-electron chi connectivity index (χ0n) is 8.18. The fraction of sp³-hybridized carbons (Fsp3) is 0.727. The van der Waals surface area contributed by atoms with E-state index in [4.69, 9.17) is 6.42 Å². The lowest BCUT2D eigenvalue weighted by atomic mass is 10.1. The van der Waals surface area contributed by atoms with Crippen LogP contribution < -0.4 is 5.32 Å². The molecule has 1 rings (SSSR count). The molecule has 1 N–H and O–H groups in total. The minimum Gasteiger partial charge on any atom is -0.342 e. The van der Waals surface area contributed by atoms with E-state index in [9.17, 15) is 4.79 Å². The van der Waals surface area contributed by atoms with E-state index in [-0.39, 0.29) is 11.9 Å². The molecule has 2 nitrogen and oxygen atoms in total. The molecule has 0 saturated heterocycles. The SMILES string of the molecule is C#CC(CCC)NC(=O)CC1CC1. The molecule has 0 aromatic carbocycles. The van der Waals surface area contributed by atoms with Crippen LogP contribution in [-0.2, 0) is 4.79 Å². The van der Waals surface area contributed by atoms with Gasteiger partial charge in [0.15, 0.2) is 0 Å². The molecule has 1 aliphatic rings. The van der Waals surface area contributed by atoms with Crippen molar-refractivity contribution in [2.45, 2.75) is 45.1 Å². The van der Waals surface area contributed by atoms with Gasteiger partial charge < -0.3 is 5.32 Å². The molecular formula is C11H17NO. The smallest absolute Gasteiger partial charge is 0.221 e. The second-order valence-corrected chi connectivity index (χ2v) is 3.72. The molecule has 0 radical (unpaired) electrons. The monoisotopic (exact) mass is 179 g/mol. The predicted octanol–water partition coefficient (Wildman–Crippen LogP) is 1.70. The molecule has 1 atom stereocenters. The van der Waals surface area contributed by atoms with E-state index < -0.39 is 0 Å². The van der Waals surface area contributed by atoms with Gasteiger partial charge in [-0.15, -0.1) is 6.42 Å². The van der Waals surface area contributed by atoms with Crippen LogP contribution in [0.25, 0.3) is 0 Å². The molecule has 1 fully saturated rings. The zero-order valence-corrected chi connectivity index (χ0v) is 8.18. The lowest BCUT2D eigenvalue weighted by Gasteiger charge is -2.11. The van der Waals surface area contributed by atoms with Crippen molar-refractivity contribution in [2.75, 3.05) is 0 Å². The second-order valence-electron chi connectivity index (χ2n) is 3.72. The molecule has 72 valence electrons. The maximum atomic E-state index is 11.3. The van der Waals surface area contributed by atoms with Gasteiger partial charge in [0.05, 0.1) is 6.04 Å². The highest BCUT2D eigenvalue weighted by molar-refractivity contribution is 5.77. The van der Waals surface area contributed by atoms with Crippen molar-refractivity contribution >= 4 is 5.91 Å². The maximum Gasteiger partial charge on any atom is 0.221 e. The van der Waals surface area contributed by atoms with Gasteiger partial charge in [-0.05, 0) is 25.2 Å². The number of carbonyl (C=O) groups is 1. The van der Waals surface area contributed by atoms with Crippen LogP contribution >= 0.6 is 0 Å². The summed E-state index contributed by atoms with van der Waals surface area (Å²) in [5.74, 6) is 3.36. The van der Waals surface area contributed by atoms with Gasteiger partial charge in [0.1, 0.15) is 0 Å². The summed E-state index contributed by atoms with van der Waals surface area (Å²) in [4.78, 5) is 11.3. The third-order valence-electron chi connectivity index (χ3n) is 2.28. The Bertz CT molecular complexity index is 213. The average molecular weight is 179 g/mol. The van der Waals surface area contributed by atoms with Crippen molar-refractivity contribution in [3.05, 3.63) is 0 Å². The number of rotatable bonds is 5. The highest BCUT2D eigenvalue weighted by Gasteiger charge is 2.24. The van der Waals surface area contributed by atoms with Gasteiger partial charge in [-0.3, -0.25) is 4.79 Å². The van der Waals surface area contributed by atoms with Crippen LogP contribution in [0.5, 0.6) is 0 Å². The van der Waals surface area contributed by atoms with E-state index in [0.29, 0.717) is 12.3 Å². The van der Waals surface area contributed by atoms with Crippen molar-refractivity contribution in [2.24, 2.45) is 5.92 Å². The first-order valence-electron chi connectivity index (χ1n) is 5.01. The van der Waals surface area contributed by atoms with E-state index in [1.54, 1.807) is 0 Å². The topological polar surface area (TPSA) is 29.1 Å². The molecule has 1 amide bonds. The van der Waals surface area contributed by atoms with Gasteiger partial charge in [-0.25, -0.2) is 0 Å². The van der Waals surface area contributed by atoms with E-state index >= 15 is 0 Å². The number of terminal acetylenes is 1. The molecule has 13 heavy (non-hydrogen) atoms. The van der Waals surface area contributed by atoms with Gasteiger partial charge in [-0.1, -0.05) is 19.3 Å². The summed E-state index contributed by atoms with van der Waals surface area (Å²) in [5, 5.41) is 2.86. The van der Waals surface area contributed by atoms with Gasteiger partial charge in [0, 0.05) is 6.42 Å². The summed E-state index contributed by atoms with van der Waals surface area (Å²) in [6, 6.07) is -0.0590. The normalized spacial score (nSPS) is 17.5. The van der Waals surface area contributed by atoms with Crippen LogP contribution in [0.3, 0.4) is 0 Å². The summed E-state index contributed by atoms with van der Waals surface area (Å²) < 4.78 is 0. The Morgan fingerprint density at radius 2 is 2.38 bits per heavy atom. The molecule has 0 aliphatic heterocycles. The first-order chi connectivity index (χ1) is 6.26. The Morgan fingerprint density at radius 1 is 1.69 bits per heavy atom. The minimum atomic E-state index is -0.0590. The Morgan fingerprint density at radius 3 is 2.85 bits per heavy atom. The van der Waals surface area contributed by atoms with E-state index in [2.05, 4.69) is 18.2 Å². The van der Waals surface area contributed by atoms with Crippen molar-refractivity contribution < 1.29 is 4.79 Å². The van der Waals surface area contributed by atoms with Gasteiger partial charge in [-0.2, -0.15) is 0 Å². The van der Waals surface area contributed by atoms with Crippen LogP contribution in [-0.4, -0.2) is 11.9 Å². The first-order valence-corrected chi connectivity index (χ1v) is 5.01. The fourth-order valence-electron chi connectivity index (χ4n) is 1.32. The molecule has 0 aromatic heterocycles. The van der Waals surface area contributed by atoms with Crippen molar-refractivity contribution in [1.82, 2.24) is 5.32 Å². The Kier molecular flexibility index (Phi) is 3.82. The van der Waals surface area contributed by atoms with Crippen molar-refractivity contribution in [1.29, 1.82) is 0 Å². The third-order valence-corrected chi connectivity index (χ3v) is 2.28. The summed E-state index contributed by atoms with van der Waals surface area (Å²) in [5.41, 5.74) is 0. The quantitative estimate of drug-likeness (QED) is 0.639. The molecule has 0 bridgehead atoms. The highest BCUT2D eigenvalue weighted by atomic mass is 16.1. The van der Waals surface area contributed by atoms with Crippen molar-refractivity contribution in [3.63, 3.8) is 0 Å². The predicted molar refractivity (Wildman–Crippen MR) is 53.0 cm³/mol. The van der Waals surface area contributed by atoms with Crippen LogP contribution in [0.1, 0.15) is 39.0 Å². The number of hydrogen-bond acceptors (Lipinski definition) is 1. The minimum absolute atomic E-state index is 0.0590. The lowest BCUT2D eigenvalue weighted by Crippen LogP contribution is -2.33. The molecule has 0 aromatic rings. The maximum absolute atomic E-state index is 11.3. The van der Waals surface area contributed by atoms with E-state index in [1.807, 2.05) is 0 Å². The number of hydrogen-bond donors (Lipinski definition) is 1. The van der Waals surface area contributed by atoms with Gasteiger partial charge in [0.25, 0.3) is 0 Å². The van der Waals surface area contributed by atoms with Gasteiger partial charge in [0.2, 0.25) is 5.91 Å². The standard InChI is InChI=1S/C11H17NO/c1-3-5-10(4-2)12-11(13)8-9-6-7-9/h2,9-10H,3,5-8H2,1H3,(H,12,13). The molecular weight excluding hydrogens is 162 g/mol. The lowest BCUT2D eigenvalue weighted by molar-refractivity contribution is -0.121. The van der Waals surface area contributed by atoms with Crippen LogP contribution in [0.15, 0.2) is 0 Å². The average Bonchev–Trinajstić information content (AvgIpc) is 2.87. The molecule has 1 aliphatic carbocycles. The number of carbonyl (C=O) groups excluding carboxylic acids is 1. The first kappa shape index (κ1) is 10.1. The molecule has 1 saturated carbocycles. The third kappa shape index (κ3) is 3.98. The zero-order chi connectivity index (χ0) is 9.68. The Balaban J connectivity index is 2.19. The summed E-state index contributed by atoms with van der Waals surface area (Å²) in [6.07, 6.45) is 10.3. The molecule has 0 spiro atoms. The second kappa shape index (κ2) is 4.91. The van der Waals surface area contributed by atoms with Crippen LogP contribution in [0, 0.1) is 18.3 Å². The van der Waals surface area contributed by atoms with Crippen LogP contribution in [0.2, 0.25) is 0 Å². The molecule has 1 unspecified atom stereocenters. The van der Waals surface area contributed by atoms with E-state index in [1.165, 1.54) is 12.8 Å². The summed E-state index contributed by atoms with van der Waals surface area (Å²) in [7, 11) is 0. The van der Waals surface area contributed by atoms with Crippen LogP contribution in [0.4, 0.5) is 0 Å². The van der Waals surface area contributed by atoms with Crippen molar-refractivity contribution in [3.8, 4) is 12.3 Å². The highest BCUT2D eigenvalue weighted by Crippen LogP contribution is 2.32. The fourth-order valence-corrected chi connectivity index (χ4v) is 1.32.